The highest BCUT2D eigenvalue weighted by atomic mass is 16.5. The van der Waals surface area contributed by atoms with Crippen molar-refractivity contribution in [2.24, 2.45) is 5.92 Å². The van der Waals surface area contributed by atoms with Gasteiger partial charge in [-0.1, -0.05) is 6.92 Å². The fourth-order valence-electron chi connectivity index (χ4n) is 1.40. The van der Waals surface area contributed by atoms with E-state index in [2.05, 4.69) is 12.2 Å². The van der Waals surface area contributed by atoms with E-state index >= 15 is 0 Å². The zero-order valence-corrected chi connectivity index (χ0v) is 7.92. The van der Waals surface area contributed by atoms with Crippen molar-refractivity contribution in [2.45, 2.75) is 32.4 Å². The molecule has 3 nitrogen and oxygen atoms in total. The zero-order chi connectivity index (χ0) is 8.97. The van der Waals surface area contributed by atoms with Crippen molar-refractivity contribution in [2.75, 3.05) is 19.8 Å². The largest absolute Gasteiger partial charge is 0.395 e. The summed E-state index contributed by atoms with van der Waals surface area (Å²) >= 11 is 0. The molecule has 0 aliphatic carbocycles. The molecule has 0 saturated carbocycles. The van der Waals surface area contributed by atoms with Gasteiger partial charge in [-0.2, -0.15) is 0 Å². The first-order valence-electron chi connectivity index (χ1n) is 4.70. The topological polar surface area (TPSA) is 41.5 Å². The van der Waals surface area contributed by atoms with Gasteiger partial charge in [-0.25, -0.2) is 0 Å². The van der Waals surface area contributed by atoms with Gasteiger partial charge in [-0.15, -0.1) is 0 Å². The van der Waals surface area contributed by atoms with Gasteiger partial charge >= 0.3 is 0 Å². The van der Waals surface area contributed by atoms with E-state index in [-0.39, 0.29) is 12.6 Å². The number of aliphatic hydroxyl groups is 1. The van der Waals surface area contributed by atoms with Gasteiger partial charge in [0.2, 0.25) is 0 Å². The second kappa shape index (κ2) is 4.80. The Morgan fingerprint density at radius 3 is 2.92 bits per heavy atom. The first kappa shape index (κ1) is 9.96. The van der Waals surface area contributed by atoms with Gasteiger partial charge in [-0.05, 0) is 19.3 Å². The molecule has 3 atom stereocenters. The average molecular weight is 173 g/mol. The second-order valence-corrected chi connectivity index (χ2v) is 3.67. The fourth-order valence-corrected chi connectivity index (χ4v) is 1.40. The third-order valence-electron chi connectivity index (χ3n) is 2.48. The molecule has 0 amide bonds. The maximum absolute atomic E-state index is 8.77. The Morgan fingerprint density at radius 1 is 1.67 bits per heavy atom. The van der Waals surface area contributed by atoms with Crippen LogP contribution in [0.3, 0.4) is 0 Å². The van der Waals surface area contributed by atoms with E-state index in [4.69, 9.17) is 9.84 Å². The van der Waals surface area contributed by atoms with Crippen LogP contribution in [-0.4, -0.2) is 37.0 Å². The van der Waals surface area contributed by atoms with Crippen molar-refractivity contribution in [1.29, 1.82) is 0 Å². The Labute approximate surface area is 74.1 Å². The van der Waals surface area contributed by atoms with Crippen LogP contribution in [0.25, 0.3) is 0 Å². The molecule has 1 fully saturated rings. The van der Waals surface area contributed by atoms with Gasteiger partial charge in [0, 0.05) is 19.2 Å². The smallest absolute Gasteiger partial charge is 0.0725 e. The molecule has 2 N–H and O–H groups in total. The maximum atomic E-state index is 8.77. The van der Waals surface area contributed by atoms with Crippen LogP contribution in [0, 0.1) is 5.92 Å². The van der Waals surface area contributed by atoms with Crippen molar-refractivity contribution in [1.82, 2.24) is 5.32 Å². The molecule has 1 saturated heterocycles. The Kier molecular flexibility index (Phi) is 3.98. The molecule has 1 heterocycles. The first-order valence-corrected chi connectivity index (χ1v) is 4.70. The van der Waals surface area contributed by atoms with E-state index in [0.717, 1.165) is 13.2 Å². The Balaban J connectivity index is 2.13. The number of ether oxygens (including phenoxy) is 1. The minimum Gasteiger partial charge on any atom is -0.395 e. The highest BCUT2D eigenvalue weighted by Crippen LogP contribution is 2.19. The molecule has 1 aliphatic heterocycles. The molecular weight excluding hydrogens is 154 g/mol. The van der Waals surface area contributed by atoms with Crippen molar-refractivity contribution < 1.29 is 9.84 Å². The van der Waals surface area contributed by atoms with E-state index in [0.29, 0.717) is 12.0 Å². The lowest BCUT2D eigenvalue weighted by atomic mass is 10.0. The predicted octanol–water partition coefficient (Wildman–Crippen LogP) is 0.382. The fraction of sp³-hybridized carbons (Fsp3) is 1.00. The van der Waals surface area contributed by atoms with Crippen LogP contribution in [0.1, 0.15) is 20.3 Å². The summed E-state index contributed by atoms with van der Waals surface area (Å²) < 4.78 is 5.52. The first-order chi connectivity index (χ1) is 5.74. The van der Waals surface area contributed by atoms with E-state index in [1.165, 1.54) is 6.42 Å². The molecular formula is C9H19NO2. The summed E-state index contributed by atoms with van der Waals surface area (Å²) in [6.45, 7) is 6.13. The molecule has 0 radical (unpaired) electrons. The molecule has 1 rings (SSSR count). The molecule has 0 aromatic rings. The quantitative estimate of drug-likeness (QED) is 0.646. The van der Waals surface area contributed by atoms with Crippen molar-refractivity contribution in [3.8, 4) is 0 Å². The predicted molar refractivity (Wildman–Crippen MR) is 48.1 cm³/mol. The lowest BCUT2D eigenvalue weighted by Crippen LogP contribution is -2.37. The summed E-state index contributed by atoms with van der Waals surface area (Å²) in [5.74, 6) is 0.656. The van der Waals surface area contributed by atoms with Crippen LogP contribution in [-0.2, 0) is 4.74 Å². The van der Waals surface area contributed by atoms with Crippen molar-refractivity contribution >= 4 is 0 Å². The van der Waals surface area contributed by atoms with Gasteiger partial charge in [0.15, 0.2) is 0 Å². The third-order valence-corrected chi connectivity index (χ3v) is 2.48. The lowest BCUT2D eigenvalue weighted by Gasteiger charge is -2.17. The van der Waals surface area contributed by atoms with E-state index < -0.39 is 0 Å². The molecule has 72 valence electrons. The normalized spacial score (nSPS) is 32.2. The van der Waals surface area contributed by atoms with Crippen molar-refractivity contribution in [3.05, 3.63) is 0 Å². The van der Waals surface area contributed by atoms with Gasteiger partial charge < -0.3 is 15.2 Å². The summed E-state index contributed by atoms with van der Waals surface area (Å²) in [6, 6.07) is 0.182. The highest BCUT2D eigenvalue weighted by Gasteiger charge is 2.23. The lowest BCUT2D eigenvalue weighted by molar-refractivity contribution is 0.0885. The standard InChI is InChI=1S/C9H19NO2/c1-7-3-4-12-9(7)5-10-8(2)6-11/h7-11H,3-6H2,1-2H3. The second-order valence-electron chi connectivity index (χ2n) is 3.67. The zero-order valence-electron chi connectivity index (χ0n) is 7.92. The monoisotopic (exact) mass is 173 g/mol. The van der Waals surface area contributed by atoms with Crippen LogP contribution in [0.2, 0.25) is 0 Å². The number of hydrogen-bond acceptors (Lipinski definition) is 3. The van der Waals surface area contributed by atoms with Crippen molar-refractivity contribution in [3.63, 3.8) is 0 Å². The Hall–Kier alpha value is -0.120. The molecule has 0 spiro atoms. The molecule has 1 aliphatic rings. The molecule has 0 aromatic carbocycles. The summed E-state index contributed by atoms with van der Waals surface area (Å²) in [5.41, 5.74) is 0. The Morgan fingerprint density at radius 2 is 2.42 bits per heavy atom. The molecule has 3 heteroatoms. The van der Waals surface area contributed by atoms with E-state index in [1.54, 1.807) is 0 Å². The van der Waals surface area contributed by atoms with Gasteiger partial charge in [-0.3, -0.25) is 0 Å². The molecule has 3 unspecified atom stereocenters. The van der Waals surface area contributed by atoms with Gasteiger partial charge in [0.05, 0.1) is 12.7 Å². The Bertz CT molecular complexity index is 130. The molecule has 0 bridgehead atoms. The third kappa shape index (κ3) is 2.73. The van der Waals surface area contributed by atoms with Gasteiger partial charge in [0.25, 0.3) is 0 Å². The number of nitrogens with one attached hydrogen (secondary N) is 1. The van der Waals surface area contributed by atoms with Crippen LogP contribution < -0.4 is 5.32 Å². The molecule has 0 aromatic heterocycles. The number of hydrogen-bond donors (Lipinski definition) is 2. The summed E-state index contributed by atoms with van der Waals surface area (Å²) in [7, 11) is 0. The average Bonchev–Trinajstić information content (AvgIpc) is 2.47. The summed E-state index contributed by atoms with van der Waals surface area (Å²) in [4.78, 5) is 0. The minimum absolute atomic E-state index is 0.182. The van der Waals surface area contributed by atoms with E-state index in [9.17, 15) is 0 Å². The maximum Gasteiger partial charge on any atom is 0.0725 e. The van der Waals surface area contributed by atoms with Crippen LogP contribution in [0.15, 0.2) is 0 Å². The SMILES string of the molecule is CC(CO)NCC1OCCC1C. The summed E-state index contributed by atoms with van der Waals surface area (Å²) in [6.07, 6.45) is 1.51. The summed E-state index contributed by atoms with van der Waals surface area (Å²) in [5, 5.41) is 12.0. The van der Waals surface area contributed by atoms with Crippen LogP contribution >= 0.6 is 0 Å². The van der Waals surface area contributed by atoms with Crippen LogP contribution in [0.4, 0.5) is 0 Å². The number of rotatable bonds is 4. The van der Waals surface area contributed by atoms with E-state index in [1.807, 2.05) is 6.92 Å². The molecule has 12 heavy (non-hydrogen) atoms. The number of aliphatic hydroxyl groups excluding tert-OH is 1. The van der Waals surface area contributed by atoms with Crippen LogP contribution in [0.5, 0.6) is 0 Å². The highest BCUT2D eigenvalue weighted by molar-refractivity contribution is 4.75. The van der Waals surface area contributed by atoms with Gasteiger partial charge in [0.1, 0.15) is 0 Å². The minimum atomic E-state index is 0.182.